The van der Waals surface area contributed by atoms with Crippen molar-refractivity contribution in [3.05, 3.63) is 76.2 Å². The van der Waals surface area contributed by atoms with Gasteiger partial charge in [-0.25, -0.2) is 9.13 Å². The van der Waals surface area contributed by atoms with Crippen molar-refractivity contribution < 1.29 is 26.3 Å². The summed E-state index contributed by atoms with van der Waals surface area (Å²) >= 11 is 3.43. The number of ketones is 1. The molecule has 1 aliphatic heterocycles. The van der Waals surface area contributed by atoms with Crippen LogP contribution in [-0.2, 0) is 19.5 Å². The molecule has 0 unspecified atom stereocenters. The van der Waals surface area contributed by atoms with Crippen LogP contribution in [0.1, 0.15) is 41.0 Å². The van der Waals surface area contributed by atoms with E-state index in [0.29, 0.717) is 6.54 Å². The molecule has 1 aliphatic rings. The number of benzene rings is 2. The molecule has 0 fully saturated rings. The van der Waals surface area contributed by atoms with Crippen LogP contribution in [0.25, 0.3) is 11.3 Å². The molecule has 0 radical (unpaired) electrons. The van der Waals surface area contributed by atoms with Crippen LogP contribution in [0.5, 0.6) is 0 Å². The Morgan fingerprint density at radius 2 is 1.75 bits per heavy atom. The second kappa shape index (κ2) is 9.19. The van der Waals surface area contributed by atoms with Crippen molar-refractivity contribution in [3.63, 3.8) is 0 Å². The predicted octanol–water partition coefficient (Wildman–Crippen LogP) is 2.13. The van der Waals surface area contributed by atoms with Crippen LogP contribution in [0, 0.1) is 6.92 Å². The Labute approximate surface area is 185 Å². The zero-order valence-electron chi connectivity index (χ0n) is 16.0. The van der Waals surface area contributed by atoms with E-state index < -0.39 is 0 Å². The van der Waals surface area contributed by atoms with Gasteiger partial charge in [-0.2, -0.15) is 0 Å². The molecule has 5 heteroatoms. The highest BCUT2D eigenvalue weighted by Crippen LogP contribution is 2.24. The first kappa shape index (κ1) is 21.0. The molecular weight excluding hydrogens is 480 g/mol. The Balaban J connectivity index is 0.00000225. The van der Waals surface area contributed by atoms with Gasteiger partial charge in [-0.15, -0.1) is 0 Å². The summed E-state index contributed by atoms with van der Waals surface area (Å²) < 4.78 is 5.59. The van der Waals surface area contributed by atoms with Gasteiger partial charge in [-0.3, -0.25) is 4.79 Å². The summed E-state index contributed by atoms with van der Waals surface area (Å²) in [6, 6.07) is 16.3. The van der Waals surface area contributed by atoms with E-state index in [4.69, 9.17) is 0 Å². The van der Waals surface area contributed by atoms with Crippen molar-refractivity contribution in [1.29, 1.82) is 0 Å². The van der Waals surface area contributed by atoms with E-state index in [0.717, 1.165) is 23.0 Å². The zero-order chi connectivity index (χ0) is 18.8. The first-order valence-corrected chi connectivity index (χ1v) is 10.4. The Kier molecular flexibility index (Phi) is 6.89. The summed E-state index contributed by atoms with van der Waals surface area (Å²) in [5.74, 6) is 1.43. The minimum Gasteiger partial charge on any atom is -1.00 e. The molecule has 0 N–H and O–H groups in total. The largest absolute Gasteiger partial charge is 1.00 e. The van der Waals surface area contributed by atoms with E-state index in [1.807, 2.05) is 24.3 Å². The van der Waals surface area contributed by atoms with Gasteiger partial charge in [0.2, 0.25) is 5.78 Å². The summed E-state index contributed by atoms with van der Waals surface area (Å²) in [5.41, 5.74) is 4.46. The number of rotatable bonds is 4. The smallest absolute Gasteiger partial charge is 0.257 e. The molecule has 0 aliphatic carbocycles. The monoisotopic (exact) mass is 502 g/mol. The molecule has 28 heavy (non-hydrogen) atoms. The molecule has 146 valence electrons. The fourth-order valence-electron chi connectivity index (χ4n) is 3.82. The standard InChI is InChI=1S/C23H24BrN2O.BrH/c1-17-6-8-18(9-7-17)21-15-25(23-5-3-2-4-14-26(21)23)16-22(27)19-10-12-20(24)13-11-19;/h6-13,15H,2-5,14,16H2,1H3;1H/q+1;/p-1. The molecule has 4 rings (SSSR count). The van der Waals surface area contributed by atoms with E-state index in [-0.39, 0.29) is 22.8 Å². The van der Waals surface area contributed by atoms with Crippen LogP contribution in [0.3, 0.4) is 0 Å². The molecule has 3 nitrogen and oxygen atoms in total. The van der Waals surface area contributed by atoms with E-state index in [2.05, 4.69) is 62.5 Å². The first-order valence-electron chi connectivity index (χ1n) is 9.59. The van der Waals surface area contributed by atoms with Gasteiger partial charge in [0.1, 0.15) is 6.20 Å². The minimum absolute atomic E-state index is 0. The van der Waals surface area contributed by atoms with Gasteiger partial charge >= 0.3 is 0 Å². The van der Waals surface area contributed by atoms with E-state index in [9.17, 15) is 4.79 Å². The molecule has 0 saturated carbocycles. The lowest BCUT2D eigenvalue weighted by Crippen LogP contribution is -3.00. The van der Waals surface area contributed by atoms with Crippen molar-refractivity contribution in [2.45, 2.75) is 45.7 Å². The molecular formula is C23H24Br2N2O. The highest BCUT2D eigenvalue weighted by atomic mass is 79.9. The number of carbonyl (C=O) groups excluding carboxylic acids is 1. The number of fused-ring (bicyclic) bond motifs is 1. The van der Waals surface area contributed by atoms with Gasteiger partial charge in [0.15, 0.2) is 12.2 Å². The molecule has 0 atom stereocenters. The van der Waals surface area contributed by atoms with Crippen LogP contribution in [0.2, 0.25) is 0 Å². The first-order chi connectivity index (χ1) is 13.1. The highest BCUT2D eigenvalue weighted by molar-refractivity contribution is 9.10. The van der Waals surface area contributed by atoms with Crippen molar-refractivity contribution >= 4 is 21.7 Å². The summed E-state index contributed by atoms with van der Waals surface area (Å²) in [7, 11) is 0. The average molecular weight is 504 g/mol. The topological polar surface area (TPSA) is 25.9 Å². The molecule has 1 aromatic heterocycles. The number of hydrogen-bond acceptors (Lipinski definition) is 1. The number of aromatic nitrogens is 2. The number of aryl methyl sites for hydroxylation is 1. The van der Waals surface area contributed by atoms with Crippen LogP contribution < -0.4 is 21.5 Å². The SMILES string of the molecule is Cc1ccc(-c2c[n+](CC(=O)c3ccc(Br)cc3)c3n2CCCCC3)cc1.[Br-]. The summed E-state index contributed by atoms with van der Waals surface area (Å²) in [6.45, 7) is 3.53. The molecule has 3 aromatic rings. The maximum Gasteiger partial charge on any atom is 0.257 e. The van der Waals surface area contributed by atoms with Crippen molar-refractivity contribution in [3.8, 4) is 11.3 Å². The fourth-order valence-corrected chi connectivity index (χ4v) is 4.08. The number of halogens is 2. The lowest BCUT2D eigenvalue weighted by Gasteiger charge is -2.03. The van der Waals surface area contributed by atoms with Gasteiger partial charge in [0.05, 0.1) is 6.54 Å². The van der Waals surface area contributed by atoms with Gasteiger partial charge < -0.3 is 17.0 Å². The quantitative estimate of drug-likeness (QED) is 0.395. The highest BCUT2D eigenvalue weighted by Gasteiger charge is 2.27. The summed E-state index contributed by atoms with van der Waals surface area (Å²) in [5, 5.41) is 0. The third kappa shape index (κ3) is 4.47. The van der Waals surface area contributed by atoms with Gasteiger partial charge in [-0.05, 0) is 38.3 Å². The number of hydrogen-bond donors (Lipinski definition) is 0. The number of Topliss-reactive ketones (excluding diaryl/α,β-unsaturated/α-hetero) is 1. The Morgan fingerprint density at radius 1 is 1.04 bits per heavy atom. The second-order valence-electron chi connectivity index (χ2n) is 7.32. The molecule has 0 spiro atoms. The molecule has 2 aromatic carbocycles. The second-order valence-corrected chi connectivity index (χ2v) is 8.23. The third-order valence-corrected chi connectivity index (χ3v) is 5.85. The summed E-state index contributed by atoms with van der Waals surface area (Å²) in [6.07, 6.45) is 6.82. The van der Waals surface area contributed by atoms with Gasteiger partial charge in [0.25, 0.3) is 5.82 Å². The predicted molar refractivity (Wildman–Crippen MR) is 111 cm³/mol. The van der Waals surface area contributed by atoms with E-state index >= 15 is 0 Å². The number of carbonyl (C=O) groups is 1. The normalized spacial score (nSPS) is 13.4. The number of nitrogens with zero attached hydrogens (tertiary/aromatic N) is 2. The summed E-state index contributed by atoms with van der Waals surface area (Å²) in [4.78, 5) is 12.8. The lowest BCUT2D eigenvalue weighted by molar-refractivity contribution is -0.690. The minimum atomic E-state index is 0. The van der Waals surface area contributed by atoms with E-state index in [1.54, 1.807) is 0 Å². The maximum absolute atomic E-state index is 12.8. The molecule has 0 amide bonds. The Morgan fingerprint density at radius 3 is 2.46 bits per heavy atom. The Bertz CT molecular complexity index is 960. The lowest BCUT2D eigenvalue weighted by atomic mass is 10.1. The van der Waals surface area contributed by atoms with Crippen LogP contribution in [-0.4, -0.2) is 10.4 Å². The number of imidazole rings is 1. The van der Waals surface area contributed by atoms with Crippen molar-refractivity contribution in [2.75, 3.05) is 0 Å². The van der Waals surface area contributed by atoms with Crippen LogP contribution >= 0.6 is 15.9 Å². The van der Waals surface area contributed by atoms with Gasteiger partial charge in [0, 0.05) is 22.0 Å². The third-order valence-electron chi connectivity index (χ3n) is 5.32. The average Bonchev–Trinajstić information content (AvgIpc) is 2.84. The maximum atomic E-state index is 12.8. The fraction of sp³-hybridized carbons (Fsp3) is 0.304. The van der Waals surface area contributed by atoms with Crippen LogP contribution in [0.4, 0.5) is 0 Å². The van der Waals surface area contributed by atoms with Crippen molar-refractivity contribution in [2.24, 2.45) is 0 Å². The zero-order valence-corrected chi connectivity index (χ0v) is 19.2. The van der Waals surface area contributed by atoms with Crippen molar-refractivity contribution in [1.82, 2.24) is 4.57 Å². The molecule has 2 heterocycles. The van der Waals surface area contributed by atoms with Gasteiger partial charge in [-0.1, -0.05) is 57.9 Å². The Hall–Kier alpha value is -1.72. The molecule has 0 bridgehead atoms. The van der Waals surface area contributed by atoms with Crippen LogP contribution in [0.15, 0.2) is 59.2 Å². The molecule has 0 saturated heterocycles. The van der Waals surface area contributed by atoms with E-state index in [1.165, 1.54) is 41.9 Å².